The zero-order valence-corrected chi connectivity index (χ0v) is 14.4. The van der Waals surface area contributed by atoms with Crippen molar-refractivity contribution in [2.75, 3.05) is 13.7 Å². The summed E-state index contributed by atoms with van der Waals surface area (Å²) < 4.78 is 11.8. The van der Waals surface area contributed by atoms with Gasteiger partial charge in [0.05, 0.1) is 25.2 Å². The Bertz CT molecular complexity index is 934. The fourth-order valence-electron chi connectivity index (χ4n) is 3.15. The van der Waals surface area contributed by atoms with E-state index in [1.165, 1.54) is 11.7 Å². The first-order valence-electron chi connectivity index (χ1n) is 8.00. The Morgan fingerprint density at radius 1 is 1.50 bits per heavy atom. The van der Waals surface area contributed by atoms with Crippen molar-refractivity contribution in [1.29, 1.82) is 0 Å². The molecule has 0 fully saturated rings. The first kappa shape index (κ1) is 17.7. The molecule has 3 rings (SSSR count). The van der Waals surface area contributed by atoms with Gasteiger partial charge in [0, 0.05) is 30.7 Å². The smallest absolute Gasteiger partial charge is 0.340 e. The molecular formula is C18H19N3O5. The number of ether oxygens (including phenoxy) is 2. The Morgan fingerprint density at radius 3 is 2.88 bits per heavy atom. The number of aliphatic hydroxyl groups excluding tert-OH is 1. The molecule has 0 aromatic carbocycles. The van der Waals surface area contributed by atoms with E-state index in [4.69, 9.17) is 15.2 Å². The van der Waals surface area contributed by atoms with Crippen molar-refractivity contribution < 1.29 is 19.4 Å². The van der Waals surface area contributed by atoms with Crippen LogP contribution in [0.2, 0.25) is 0 Å². The van der Waals surface area contributed by atoms with Gasteiger partial charge in [-0.2, -0.15) is 0 Å². The minimum atomic E-state index is -0.780. The van der Waals surface area contributed by atoms with Crippen LogP contribution in [0, 0.1) is 6.92 Å². The molecular weight excluding hydrogens is 338 g/mol. The van der Waals surface area contributed by atoms with E-state index in [1.807, 2.05) is 0 Å². The van der Waals surface area contributed by atoms with Crippen LogP contribution in [0.3, 0.4) is 0 Å². The Balaban J connectivity index is 2.32. The summed E-state index contributed by atoms with van der Waals surface area (Å²) in [5.74, 6) is -1.30. The third kappa shape index (κ3) is 2.84. The number of aryl methyl sites for hydroxylation is 1. The lowest BCUT2D eigenvalue weighted by atomic mass is 9.84. The van der Waals surface area contributed by atoms with Crippen molar-refractivity contribution >= 4 is 5.97 Å². The van der Waals surface area contributed by atoms with Crippen LogP contribution in [0.5, 0.6) is 5.75 Å². The molecule has 0 radical (unpaired) electrons. The molecule has 1 aliphatic heterocycles. The largest absolute Gasteiger partial charge is 0.465 e. The van der Waals surface area contributed by atoms with Crippen LogP contribution in [0.25, 0.3) is 0 Å². The van der Waals surface area contributed by atoms with Gasteiger partial charge in [0.1, 0.15) is 11.3 Å². The molecule has 2 aromatic heterocycles. The number of aromatic nitrogens is 2. The summed E-state index contributed by atoms with van der Waals surface area (Å²) in [5, 5.41) is 9.27. The fourth-order valence-corrected chi connectivity index (χ4v) is 3.15. The molecule has 8 heteroatoms. The van der Waals surface area contributed by atoms with Gasteiger partial charge >= 0.3 is 5.97 Å². The predicted octanol–water partition coefficient (Wildman–Crippen LogP) is 0.412. The standard InChI is InChI=1S/C18H19N3O5/c1-10-8-12-14(17(23)21(10)6-7-22)13(11-4-3-5-20-9-11)15(16(19)26-12)18(24)25-2/h3-5,8-9,13,22H,6-7,19H2,1-2H3/t13-/m1/s1. The van der Waals surface area contributed by atoms with Crippen LogP contribution in [0.15, 0.2) is 46.8 Å². The third-order valence-corrected chi connectivity index (χ3v) is 4.32. The Kier molecular flexibility index (Phi) is 4.77. The Labute approximate surface area is 149 Å². The fraction of sp³-hybridized carbons (Fsp3) is 0.278. The maximum atomic E-state index is 13.1. The average molecular weight is 357 g/mol. The Morgan fingerprint density at radius 2 is 2.27 bits per heavy atom. The summed E-state index contributed by atoms with van der Waals surface area (Å²) in [6.07, 6.45) is 3.15. The number of aliphatic hydroxyl groups is 1. The van der Waals surface area contributed by atoms with Gasteiger partial charge in [0.25, 0.3) is 5.56 Å². The van der Waals surface area contributed by atoms with E-state index < -0.39 is 11.9 Å². The number of nitrogens with two attached hydrogens (primary N) is 1. The second kappa shape index (κ2) is 7.01. The van der Waals surface area contributed by atoms with E-state index in [0.717, 1.165) is 0 Å². The van der Waals surface area contributed by atoms with Gasteiger partial charge in [0.15, 0.2) is 0 Å². The summed E-state index contributed by atoms with van der Waals surface area (Å²) in [6.45, 7) is 1.67. The van der Waals surface area contributed by atoms with E-state index in [9.17, 15) is 14.7 Å². The van der Waals surface area contributed by atoms with E-state index in [0.29, 0.717) is 11.3 Å². The quantitative estimate of drug-likeness (QED) is 0.761. The second-order valence-electron chi connectivity index (χ2n) is 5.83. The number of carbonyl (C=O) groups is 1. The summed E-state index contributed by atoms with van der Waals surface area (Å²) in [7, 11) is 1.23. The van der Waals surface area contributed by atoms with Crippen molar-refractivity contribution in [2.24, 2.45) is 5.73 Å². The van der Waals surface area contributed by atoms with Gasteiger partial charge in [0.2, 0.25) is 5.88 Å². The minimum absolute atomic E-state index is 0.0458. The molecule has 0 saturated carbocycles. The lowest BCUT2D eigenvalue weighted by molar-refractivity contribution is -0.136. The maximum Gasteiger partial charge on any atom is 0.340 e. The first-order valence-corrected chi connectivity index (χ1v) is 8.00. The lowest BCUT2D eigenvalue weighted by Gasteiger charge is -2.28. The number of carbonyl (C=O) groups excluding carboxylic acids is 1. The molecule has 0 bridgehead atoms. The van der Waals surface area contributed by atoms with Gasteiger partial charge in [-0.05, 0) is 18.6 Å². The first-order chi connectivity index (χ1) is 12.5. The van der Waals surface area contributed by atoms with Crippen LogP contribution in [0.4, 0.5) is 0 Å². The molecule has 3 N–H and O–H groups in total. The highest BCUT2D eigenvalue weighted by molar-refractivity contribution is 5.92. The van der Waals surface area contributed by atoms with Gasteiger partial charge in [-0.3, -0.25) is 9.78 Å². The van der Waals surface area contributed by atoms with Gasteiger partial charge in [-0.1, -0.05) is 6.07 Å². The number of fused-ring (bicyclic) bond motifs is 1. The number of esters is 1. The van der Waals surface area contributed by atoms with Crippen molar-refractivity contribution in [3.8, 4) is 5.75 Å². The van der Waals surface area contributed by atoms with Crippen molar-refractivity contribution in [1.82, 2.24) is 9.55 Å². The van der Waals surface area contributed by atoms with Crippen LogP contribution in [-0.2, 0) is 16.1 Å². The maximum absolute atomic E-state index is 13.1. The molecule has 1 aliphatic rings. The summed E-state index contributed by atoms with van der Waals surface area (Å²) in [4.78, 5) is 29.5. The molecule has 0 saturated heterocycles. The number of hydrogen-bond acceptors (Lipinski definition) is 7. The SMILES string of the molecule is COC(=O)C1=C(N)Oc2cc(C)n(CCO)c(=O)c2[C@H]1c1cccnc1. The van der Waals surface area contributed by atoms with Crippen molar-refractivity contribution in [2.45, 2.75) is 19.4 Å². The third-order valence-electron chi connectivity index (χ3n) is 4.32. The molecule has 0 unspecified atom stereocenters. The van der Waals surface area contributed by atoms with Gasteiger partial charge in [-0.15, -0.1) is 0 Å². The van der Waals surface area contributed by atoms with Gasteiger partial charge in [-0.25, -0.2) is 4.79 Å². The Hall–Kier alpha value is -3.13. The molecule has 1 atom stereocenters. The molecule has 136 valence electrons. The van der Waals surface area contributed by atoms with E-state index in [-0.39, 0.29) is 41.5 Å². The molecule has 8 nitrogen and oxygen atoms in total. The highest BCUT2D eigenvalue weighted by atomic mass is 16.5. The molecule has 0 aliphatic carbocycles. The second-order valence-corrected chi connectivity index (χ2v) is 5.83. The number of rotatable bonds is 4. The van der Waals surface area contributed by atoms with Crippen LogP contribution in [-0.4, -0.2) is 34.3 Å². The van der Waals surface area contributed by atoms with Crippen LogP contribution < -0.4 is 16.0 Å². The number of hydrogen-bond donors (Lipinski definition) is 2. The lowest BCUT2D eigenvalue weighted by Crippen LogP contribution is -2.35. The number of pyridine rings is 2. The monoisotopic (exact) mass is 357 g/mol. The molecule has 26 heavy (non-hydrogen) atoms. The van der Waals surface area contributed by atoms with Gasteiger partial charge < -0.3 is 24.9 Å². The topological polar surface area (TPSA) is 117 Å². The average Bonchev–Trinajstić information content (AvgIpc) is 2.64. The summed E-state index contributed by atoms with van der Waals surface area (Å²) in [6, 6.07) is 5.12. The molecule has 0 amide bonds. The zero-order chi connectivity index (χ0) is 18.8. The normalized spacial score (nSPS) is 16.0. The van der Waals surface area contributed by atoms with Crippen LogP contribution in [0.1, 0.15) is 22.7 Å². The highest BCUT2D eigenvalue weighted by Gasteiger charge is 2.38. The molecule has 0 spiro atoms. The predicted molar refractivity (Wildman–Crippen MR) is 92.5 cm³/mol. The minimum Gasteiger partial charge on any atom is -0.465 e. The highest BCUT2D eigenvalue weighted by Crippen LogP contribution is 2.40. The number of nitrogens with zero attached hydrogens (tertiary/aromatic N) is 2. The van der Waals surface area contributed by atoms with E-state index in [2.05, 4.69) is 4.98 Å². The number of methoxy groups -OCH3 is 1. The summed E-state index contributed by atoms with van der Waals surface area (Å²) >= 11 is 0. The van der Waals surface area contributed by atoms with Crippen molar-refractivity contribution in [3.05, 3.63) is 69.2 Å². The van der Waals surface area contributed by atoms with Crippen LogP contribution >= 0.6 is 0 Å². The zero-order valence-electron chi connectivity index (χ0n) is 14.4. The molecule has 2 aromatic rings. The van der Waals surface area contributed by atoms with E-state index >= 15 is 0 Å². The van der Waals surface area contributed by atoms with Crippen molar-refractivity contribution in [3.63, 3.8) is 0 Å². The van der Waals surface area contributed by atoms with E-state index in [1.54, 1.807) is 37.5 Å². The summed E-state index contributed by atoms with van der Waals surface area (Å²) in [5.41, 5.74) is 7.14. The molecule has 3 heterocycles.